The lowest BCUT2D eigenvalue weighted by Gasteiger charge is -2.49. The van der Waals surface area contributed by atoms with Gasteiger partial charge in [-0.2, -0.15) is 0 Å². The van der Waals surface area contributed by atoms with Gasteiger partial charge in [-0.25, -0.2) is 4.98 Å². The average molecular weight is 437 g/mol. The highest BCUT2D eigenvalue weighted by molar-refractivity contribution is 5.83. The van der Waals surface area contributed by atoms with E-state index in [9.17, 15) is 14.9 Å². The summed E-state index contributed by atoms with van der Waals surface area (Å²) in [6.07, 6.45) is 11.2. The van der Waals surface area contributed by atoms with Crippen molar-refractivity contribution in [2.75, 3.05) is 29.4 Å². The van der Waals surface area contributed by atoms with Gasteiger partial charge in [0, 0.05) is 55.9 Å². The number of hydrogen-bond donors (Lipinski definition) is 1. The van der Waals surface area contributed by atoms with E-state index in [1.54, 1.807) is 30.7 Å². The van der Waals surface area contributed by atoms with Crippen LogP contribution in [0.1, 0.15) is 37.7 Å². The van der Waals surface area contributed by atoms with Crippen LogP contribution in [0.25, 0.3) is 0 Å². The molecule has 9 nitrogen and oxygen atoms in total. The molecule has 3 heterocycles. The average Bonchev–Trinajstić information content (AvgIpc) is 2.84. The molecule has 1 saturated heterocycles. The van der Waals surface area contributed by atoms with Gasteiger partial charge < -0.3 is 15.1 Å². The molecule has 32 heavy (non-hydrogen) atoms. The number of rotatable bonds is 4. The fourth-order valence-corrected chi connectivity index (χ4v) is 5.44. The number of anilines is 2. The van der Waals surface area contributed by atoms with Crippen LogP contribution in [0.4, 0.5) is 17.2 Å². The standard InChI is InChI=1S/C23H28N6O3/c30-23(26-17-4-2-1-3-5-17)19-13-16-12-18(29(31)32)6-7-20(16)28-11-10-27(15-21(19)28)22-14-24-8-9-25-22/h6-9,12,14,17,19,21H,1-5,10-11,13,15H2,(H,26,30). The van der Waals surface area contributed by atoms with Crippen molar-refractivity contribution in [3.05, 3.63) is 52.5 Å². The van der Waals surface area contributed by atoms with E-state index < -0.39 is 0 Å². The molecule has 0 spiro atoms. The molecular formula is C23H28N6O3. The number of benzene rings is 1. The molecule has 2 aliphatic heterocycles. The number of nitrogens with one attached hydrogen (secondary N) is 1. The molecule has 1 aliphatic carbocycles. The molecule has 1 aromatic carbocycles. The number of fused-ring (bicyclic) bond motifs is 3. The van der Waals surface area contributed by atoms with Crippen molar-refractivity contribution in [1.82, 2.24) is 15.3 Å². The summed E-state index contributed by atoms with van der Waals surface area (Å²) >= 11 is 0. The predicted octanol–water partition coefficient (Wildman–Crippen LogP) is 2.70. The van der Waals surface area contributed by atoms with Gasteiger partial charge in [-0.05, 0) is 30.9 Å². The Bertz CT molecular complexity index is 994. The Morgan fingerprint density at radius 1 is 1.16 bits per heavy atom. The van der Waals surface area contributed by atoms with Crippen LogP contribution in [-0.4, -0.2) is 52.5 Å². The van der Waals surface area contributed by atoms with Crippen LogP contribution >= 0.6 is 0 Å². The first-order chi connectivity index (χ1) is 15.6. The third-order valence-electron chi connectivity index (χ3n) is 7.07. The Hall–Kier alpha value is -3.23. The number of nitrogens with zero attached hydrogens (tertiary/aromatic N) is 5. The second kappa shape index (κ2) is 8.72. The molecule has 2 atom stereocenters. The maximum absolute atomic E-state index is 13.5. The Balaban J connectivity index is 1.44. The fraction of sp³-hybridized carbons (Fsp3) is 0.522. The summed E-state index contributed by atoms with van der Waals surface area (Å²) in [5.41, 5.74) is 1.96. The summed E-state index contributed by atoms with van der Waals surface area (Å²) in [5, 5.41) is 14.6. The molecule has 9 heteroatoms. The zero-order valence-electron chi connectivity index (χ0n) is 18.0. The fourth-order valence-electron chi connectivity index (χ4n) is 5.44. The lowest BCUT2D eigenvalue weighted by atomic mass is 9.82. The maximum atomic E-state index is 13.5. The molecule has 3 aliphatic rings. The van der Waals surface area contributed by atoms with Crippen molar-refractivity contribution < 1.29 is 9.72 Å². The highest BCUT2D eigenvalue weighted by atomic mass is 16.6. The van der Waals surface area contributed by atoms with E-state index in [1.165, 1.54) is 6.42 Å². The first-order valence-corrected chi connectivity index (χ1v) is 11.5. The summed E-state index contributed by atoms with van der Waals surface area (Å²) in [6, 6.07) is 5.25. The van der Waals surface area contributed by atoms with Crippen LogP contribution in [0.5, 0.6) is 0 Å². The molecule has 2 aromatic rings. The number of carbonyl (C=O) groups excluding carboxylic acids is 1. The van der Waals surface area contributed by atoms with Crippen molar-refractivity contribution in [2.45, 2.75) is 50.6 Å². The second-order valence-corrected chi connectivity index (χ2v) is 8.99. The van der Waals surface area contributed by atoms with Crippen molar-refractivity contribution in [1.29, 1.82) is 0 Å². The van der Waals surface area contributed by atoms with E-state index in [2.05, 4.69) is 25.1 Å². The summed E-state index contributed by atoms with van der Waals surface area (Å²) in [6.45, 7) is 2.14. The lowest BCUT2D eigenvalue weighted by Crippen LogP contribution is -2.62. The summed E-state index contributed by atoms with van der Waals surface area (Å²) in [7, 11) is 0. The van der Waals surface area contributed by atoms with Gasteiger partial charge in [0.25, 0.3) is 5.69 Å². The van der Waals surface area contributed by atoms with E-state index in [0.717, 1.165) is 55.8 Å². The van der Waals surface area contributed by atoms with Crippen molar-refractivity contribution >= 4 is 23.1 Å². The molecule has 0 bridgehead atoms. The number of piperazine rings is 1. The third kappa shape index (κ3) is 3.99. The SMILES string of the molecule is O=C(NC1CCCCC1)C1Cc2cc([N+](=O)[O-])ccc2N2CCN(c3cnccn3)CC12. The first-order valence-electron chi connectivity index (χ1n) is 11.5. The number of non-ortho nitro benzene ring substituents is 1. The van der Waals surface area contributed by atoms with Gasteiger partial charge in [0.2, 0.25) is 5.91 Å². The van der Waals surface area contributed by atoms with Gasteiger partial charge in [-0.15, -0.1) is 0 Å². The lowest BCUT2D eigenvalue weighted by molar-refractivity contribution is -0.384. The molecule has 1 aromatic heterocycles. The van der Waals surface area contributed by atoms with Gasteiger partial charge in [0.15, 0.2) is 0 Å². The molecular weight excluding hydrogens is 408 g/mol. The van der Waals surface area contributed by atoms with Gasteiger partial charge in [-0.1, -0.05) is 19.3 Å². The highest BCUT2D eigenvalue weighted by Gasteiger charge is 2.42. The van der Waals surface area contributed by atoms with Crippen LogP contribution in [0.3, 0.4) is 0 Å². The Kier molecular flexibility index (Phi) is 5.63. The minimum absolute atomic E-state index is 0.0247. The van der Waals surface area contributed by atoms with Crippen LogP contribution in [0.2, 0.25) is 0 Å². The van der Waals surface area contributed by atoms with Crippen LogP contribution in [0.15, 0.2) is 36.8 Å². The Morgan fingerprint density at radius 3 is 2.75 bits per heavy atom. The molecule has 1 N–H and O–H groups in total. The third-order valence-corrected chi connectivity index (χ3v) is 7.07. The minimum atomic E-state index is -0.366. The maximum Gasteiger partial charge on any atom is 0.269 e. The number of nitro benzene ring substituents is 1. The topological polar surface area (TPSA) is 104 Å². The van der Waals surface area contributed by atoms with Gasteiger partial charge in [0.05, 0.1) is 23.1 Å². The zero-order valence-corrected chi connectivity index (χ0v) is 18.0. The van der Waals surface area contributed by atoms with Crippen molar-refractivity contribution in [2.24, 2.45) is 5.92 Å². The monoisotopic (exact) mass is 436 g/mol. The second-order valence-electron chi connectivity index (χ2n) is 8.99. The minimum Gasteiger partial charge on any atom is -0.364 e. The summed E-state index contributed by atoms with van der Waals surface area (Å²) in [4.78, 5) is 37.5. The molecule has 168 valence electrons. The van der Waals surface area contributed by atoms with E-state index in [-0.39, 0.29) is 34.5 Å². The quantitative estimate of drug-likeness (QED) is 0.580. The molecule has 1 amide bonds. The van der Waals surface area contributed by atoms with Crippen LogP contribution < -0.4 is 15.1 Å². The van der Waals surface area contributed by atoms with Crippen LogP contribution in [0, 0.1) is 16.0 Å². The van der Waals surface area contributed by atoms with Crippen LogP contribution in [-0.2, 0) is 11.2 Å². The van der Waals surface area contributed by atoms with Gasteiger partial charge in [0.1, 0.15) is 5.82 Å². The summed E-state index contributed by atoms with van der Waals surface area (Å²) < 4.78 is 0. The predicted molar refractivity (Wildman–Crippen MR) is 121 cm³/mol. The van der Waals surface area contributed by atoms with Gasteiger partial charge in [-0.3, -0.25) is 19.9 Å². The molecule has 0 radical (unpaired) electrons. The smallest absolute Gasteiger partial charge is 0.269 e. The van der Waals surface area contributed by atoms with Crippen molar-refractivity contribution in [3.8, 4) is 0 Å². The number of aromatic nitrogens is 2. The number of hydrogen-bond acceptors (Lipinski definition) is 7. The van der Waals surface area contributed by atoms with E-state index in [1.807, 2.05) is 6.07 Å². The number of nitro groups is 1. The Morgan fingerprint density at radius 2 is 2.00 bits per heavy atom. The molecule has 2 fully saturated rings. The molecule has 2 unspecified atom stereocenters. The number of amides is 1. The van der Waals surface area contributed by atoms with Gasteiger partial charge >= 0.3 is 0 Å². The largest absolute Gasteiger partial charge is 0.364 e. The van der Waals surface area contributed by atoms with Crippen molar-refractivity contribution in [3.63, 3.8) is 0 Å². The molecule has 5 rings (SSSR count). The number of carbonyl (C=O) groups is 1. The zero-order chi connectivity index (χ0) is 22.1. The summed E-state index contributed by atoms with van der Waals surface area (Å²) in [5.74, 6) is 0.601. The van der Waals surface area contributed by atoms with E-state index in [0.29, 0.717) is 13.0 Å². The van der Waals surface area contributed by atoms with E-state index >= 15 is 0 Å². The normalized spacial score (nSPS) is 23.2. The van der Waals surface area contributed by atoms with E-state index in [4.69, 9.17) is 0 Å². The first kappa shape index (κ1) is 20.7. The molecule has 1 saturated carbocycles. The Labute approximate surface area is 187 Å². The highest BCUT2D eigenvalue weighted by Crippen LogP contribution is 2.38.